The molecule has 0 bridgehead atoms. The van der Waals surface area contributed by atoms with Crippen molar-refractivity contribution in [3.63, 3.8) is 0 Å². The van der Waals surface area contributed by atoms with Crippen molar-refractivity contribution in [3.8, 4) is 0 Å². The van der Waals surface area contributed by atoms with E-state index in [0.717, 1.165) is 31.6 Å². The highest BCUT2D eigenvalue weighted by Crippen LogP contribution is 2.27. The van der Waals surface area contributed by atoms with Crippen LogP contribution in [-0.4, -0.2) is 49.6 Å². The largest absolute Gasteiger partial charge is 0.356 e. The summed E-state index contributed by atoms with van der Waals surface area (Å²) in [4.78, 5) is 8.33. The summed E-state index contributed by atoms with van der Waals surface area (Å²) >= 11 is 1.82. The summed E-state index contributed by atoms with van der Waals surface area (Å²) in [5, 5.41) is 9.01. The van der Waals surface area contributed by atoms with Crippen molar-refractivity contribution in [1.29, 1.82) is 0 Å². The van der Waals surface area contributed by atoms with Gasteiger partial charge in [-0.25, -0.2) is 0 Å². The fourth-order valence-electron chi connectivity index (χ4n) is 2.71. The van der Waals surface area contributed by atoms with Crippen LogP contribution in [0.2, 0.25) is 0 Å². The van der Waals surface area contributed by atoms with Crippen LogP contribution in [0.15, 0.2) is 22.5 Å². The van der Waals surface area contributed by atoms with Gasteiger partial charge in [0.05, 0.1) is 0 Å². The summed E-state index contributed by atoms with van der Waals surface area (Å²) < 4.78 is 0. The molecule has 0 aliphatic heterocycles. The third-order valence-electron chi connectivity index (χ3n) is 4.17. The van der Waals surface area contributed by atoms with E-state index in [-0.39, 0.29) is 24.0 Å². The van der Waals surface area contributed by atoms with Crippen molar-refractivity contribution in [2.75, 3.05) is 26.7 Å². The molecule has 1 aliphatic carbocycles. The van der Waals surface area contributed by atoms with Gasteiger partial charge in [-0.05, 0) is 38.1 Å². The first-order valence-electron chi connectivity index (χ1n) is 8.35. The minimum atomic E-state index is 0. The van der Waals surface area contributed by atoms with Gasteiger partial charge < -0.3 is 10.6 Å². The van der Waals surface area contributed by atoms with Gasteiger partial charge in [-0.1, -0.05) is 13.0 Å². The van der Waals surface area contributed by atoms with Crippen LogP contribution in [0.1, 0.15) is 44.4 Å². The van der Waals surface area contributed by atoms with E-state index >= 15 is 0 Å². The molecule has 1 heterocycles. The summed E-state index contributed by atoms with van der Waals surface area (Å²) in [6.07, 6.45) is 2.73. The molecule has 0 spiro atoms. The maximum absolute atomic E-state index is 4.32. The molecule has 0 radical (unpaired) electrons. The van der Waals surface area contributed by atoms with Crippen LogP contribution in [-0.2, 0) is 0 Å². The second kappa shape index (κ2) is 10.5. The van der Waals surface area contributed by atoms with Crippen LogP contribution in [0.4, 0.5) is 0 Å². The molecule has 2 rings (SSSR count). The lowest BCUT2D eigenvalue weighted by Gasteiger charge is -2.26. The Balaban J connectivity index is 0.00000264. The Hall–Kier alpha value is -0.340. The zero-order valence-corrected chi connectivity index (χ0v) is 17.9. The minimum absolute atomic E-state index is 0. The molecule has 132 valence electrons. The zero-order chi connectivity index (χ0) is 15.9. The van der Waals surface area contributed by atoms with Crippen molar-refractivity contribution in [1.82, 2.24) is 15.5 Å². The molecule has 1 saturated carbocycles. The van der Waals surface area contributed by atoms with Gasteiger partial charge in [0.2, 0.25) is 0 Å². The molecule has 1 aromatic heterocycles. The minimum Gasteiger partial charge on any atom is -0.356 e. The van der Waals surface area contributed by atoms with Crippen LogP contribution < -0.4 is 10.6 Å². The normalized spacial score (nSPS) is 16.3. The fraction of sp³-hybridized carbons (Fsp3) is 0.706. The standard InChI is InChI=1S/C17H30N4S.HI/c1-13(2)21(15-7-8-15)10-9-19-17(18-4)20-12-14(3)16-6-5-11-22-16;/h5-6,11,13-15H,7-10,12H2,1-4H3,(H2,18,19,20);1H. The quantitative estimate of drug-likeness (QED) is 0.362. The SMILES string of the molecule is CN=C(NCCN(C(C)C)C1CC1)NCC(C)c1cccs1.I. The number of halogens is 1. The predicted octanol–water partition coefficient (Wildman–Crippen LogP) is 3.51. The second-order valence-electron chi connectivity index (χ2n) is 6.36. The first kappa shape index (κ1) is 20.7. The number of rotatable bonds is 8. The lowest BCUT2D eigenvalue weighted by atomic mass is 10.1. The molecule has 1 atom stereocenters. The Morgan fingerprint density at radius 2 is 2.09 bits per heavy atom. The molecule has 4 nitrogen and oxygen atoms in total. The Morgan fingerprint density at radius 1 is 1.35 bits per heavy atom. The van der Waals surface area contributed by atoms with E-state index in [1.165, 1.54) is 17.7 Å². The molecular formula is C17H31IN4S. The number of hydrogen-bond acceptors (Lipinski definition) is 3. The molecule has 1 aromatic rings. The number of nitrogens with one attached hydrogen (secondary N) is 2. The summed E-state index contributed by atoms with van der Waals surface area (Å²) in [5.74, 6) is 1.42. The first-order chi connectivity index (χ1) is 10.6. The van der Waals surface area contributed by atoms with Crippen molar-refractivity contribution < 1.29 is 0 Å². The van der Waals surface area contributed by atoms with Crippen molar-refractivity contribution in [2.24, 2.45) is 4.99 Å². The van der Waals surface area contributed by atoms with Gasteiger partial charge in [-0.3, -0.25) is 9.89 Å². The van der Waals surface area contributed by atoms with E-state index < -0.39 is 0 Å². The van der Waals surface area contributed by atoms with Crippen LogP contribution >= 0.6 is 35.3 Å². The summed E-state index contributed by atoms with van der Waals surface area (Å²) in [5.41, 5.74) is 0. The average molecular weight is 450 g/mol. The smallest absolute Gasteiger partial charge is 0.191 e. The maximum Gasteiger partial charge on any atom is 0.191 e. The highest BCUT2D eigenvalue weighted by atomic mass is 127. The van der Waals surface area contributed by atoms with E-state index in [1.807, 2.05) is 18.4 Å². The fourth-order valence-corrected chi connectivity index (χ4v) is 3.50. The molecule has 0 aromatic carbocycles. The molecule has 2 N–H and O–H groups in total. The van der Waals surface area contributed by atoms with Gasteiger partial charge in [-0.2, -0.15) is 0 Å². The van der Waals surface area contributed by atoms with Gasteiger partial charge in [-0.15, -0.1) is 35.3 Å². The lowest BCUT2D eigenvalue weighted by molar-refractivity contribution is 0.215. The van der Waals surface area contributed by atoms with Crippen LogP contribution in [0.25, 0.3) is 0 Å². The van der Waals surface area contributed by atoms with Crippen molar-refractivity contribution >= 4 is 41.3 Å². The average Bonchev–Trinajstić information content (AvgIpc) is 3.18. The maximum atomic E-state index is 4.32. The van der Waals surface area contributed by atoms with Gasteiger partial charge >= 0.3 is 0 Å². The summed E-state index contributed by atoms with van der Waals surface area (Å²) in [6, 6.07) is 5.75. The van der Waals surface area contributed by atoms with Crippen LogP contribution in [0.3, 0.4) is 0 Å². The van der Waals surface area contributed by atoms with Gasteiger partial charge in [0.25, 0.3) is 0 Å². The number of thiophene rings is 1. The number of nitrogens with zero attached hydrogens (tertiary/aromatic N) is 2. The van der Waals surface area contributed by atoms with Crippen molar-refractivity contribution in [2.45, 2.75) is 51.6 Å². The van der Waals surface area contributed by atoms with E-state index in [9.17, 15) is 0 Å². The molecule has 1 fully saturated rings. The Kier molecular flexibility index (Phi) is 9.46. The van der Waals surface area contributed by atoms with E-state index in [1.54, 1.807) is 0 Å². The predicted molar refractivity (Wildman–Crippen MR) is 112 cm³/mol. The lowest BCUT2D eigenvalue weighted by Crippen LogP contribution is -2.44. The first-order valence-corrected chi connectivity index (χ1v) is 9.23. The molecule has 1 unspecified atom stereocenters. The summed E-state index contributed by atoms with van der Waals surface area (Å²) in [6.45, 7) is 9.77. The van der Waals surface area contributed by atoms with Gasteiger partial charge in [0.15, 0.2) is 5.96 Å². The Labute approximate surface area is 162 Å². The third kappa shape index (κ3) is 6.97. The molecule has 0 amide bonds. The second-order valence-corrected chi connectivity index (χ2v) is 7.34. The molecule has 0 saturated heterocycles. The highest BCUT2D eigenvalue weighted by Gasteiger charge is 2.30. The summed E-state index contributed by atoms with van der Waals surface area (Å²) in [7, 11) is 1.84. The Bertz CT molecular complexity index is 455. The topological polar surface area (TPSA) is 39.7 Å². The molecule has 6 heteroatoms. The van der Waals surface area contributed by atoms with Crippen LogP contribution in [0, 0.1) is 0 Å². The van der Waals surface area contributed by atoms with Gasteiger partial charge in [0, 0.05) is 49.6 Å². The zero-order valence-electron chi connectivity index (χ0n) is 14.7. The molecule has 23 heavy (non-hydrogen) atoms. The molecular weight excluding hydrogens is 419 g/mol. The monoisotopic (exact) mass is 450 g/mol. The third-order valence-corrected chi connectivity index (χ3v) is 5.27. The van der Waals surface area contributed by atoms with E-state index in [0.29, 0.717) is 12.0 Å². The Morgan fingerprint density at radius 3 is 2.61 bits per heavy atom. The number of hydrogen-bond donors (Lipinski definition) is 2. The number of guanidine groups is 1. The highest BCUT2D eigenvalue weighted by molar-refractivity contribution is 14.0. The number of aliphatic imine (C=N–C) groups is 1. The van der Waals surface area contributed by atoms with E-state index in [2.05, 4.69) is 58.8 Å². The van der Waals surface area contributed by atoms with Gasteiger partial charge in [0.1, 0.15) is 0 Å². The van der Waals surface area contributed by atoms with Crippen LogP contribution in [0.5, 0.6) is 0 Å². The molecule has 1 aliphatic rings. The van der Waals surface area contributed by atoms with E-state index in [4.69, 9.17) is 0 Å². The van der Waals surface area contributed by atoms with Crippen molar-refractivity contribution in [3.05, 3.63) is 22.4 Å².